The third kappa shape index (κ3) is 4.40. The monoisotopic (exact) mass is 385 g/mol. The fourth-order valence-electron chi connectivity index (χ4n) is 2.81. The van der Waals surface area contributed by atoms with Crippen molar-refractivity contribution in [2.24, 2.45) is 0 Å². The summed E-state index contributed by atoms with van der Waals surface area (Å²) in [6.07, 6.45) is 4.08. The predicted molar refractivity (Wildman–Crippen MR) is 107 cm³/mol. The summed E-state index contributed by atoms with van der Waals surface area (Å²) >= 11 is 1.38. The van der Waals surface area contributed by atoms with Crippen LogP contribution in [0.2, 0.25) is 0 Å². The molecule has 1 amide bonds. The van der Waals surface area contributed by atoms with Crippen LogP contribution in [0, 0.1) is 6.92 Å². The molecule has 0 aliphatic carbocycles. The number of aromatic nitrogens is 3. The summed E-state index contributed by atoms with van der Waals surface area (Å²) in [4.78, 5) is 27.2. The highest BCUT2D eigenvalue weighted by Gasteiger charge is 2.21. The average Bonchev–Trinajstić information content (AvgIpc) is 3.04. The number of thiophene rings is 1. The summed E-state index contributed by atoms with van der Waals surface area (Å²) in [6.45, 7) is 4.99. The van der Waals surface area contributed by atoms with Gasteiger partial charge in [0.2, 0.25) is 0 Å². The number of carbonyl (C=O) groups excluding carboxylic acids is 1. The van der Waals surface area contributed by atoms with Crippen LogP contribution in [0.25, 0.3) is 10.2 Å². The van der Waals surface area contributed by atoms with E-state index in [-0.39, 0.29) is 11.9 Å². The largest absolute Gasteiger partial charge is 0.383 e. The highest BCUT2D eigenvalue weighted by atomic mass is 32.1. The van der Waals surface area contributed by atoms with Crippen molar-refractivity contribution in [1.82, 2.24) is 20.3 Å². The number of rotatable bonds is 8. The molecule has 0 spiro atoms. The molecular formula is C19H23N5O2S. The Morgan fingerprint density at radius 1 is 1.30 bits per heavy atom. The number of fused-ring (bicyclic) bond motifs is 1. The van der Waals surface area contributed by atoms with Gasteiger partial charge in [0.1, 0.15) is 17.0 Å². The summed E-state index contributed by atoms with van der Waals surface area (Å²) in [5.74, 6) is 0.609. The van der Waals surface area contributed by atoms with Crippen LogP contribution < -0.4 is 10.6 Å². The van der Waals surface area contributed by atoms with Crippen LogP contribution in [-0.2, 0) is 11.3 Å². The zero-order valence-electron chi connectivity index (χ0n) is 15.7. The van der Waals surface area contributed by atoms with Crippen molar-refractivity contribution in [2.75, 3.05) is 19.0 Å². The molecule has 0 aromatic carbocycles. The van der Waals surface area contributed by atoms with Crippen LogP contribution in [0.1, 0.15) is 34.3 Å². The minimum absolute atomic E-state index is 0.0139. The number of hydrogen-bond acceptors (Lipinski definition) is 7. The molecule has 3 aromatic rings. The normalized spacial score (nSPS) is 12.1. The second-order valence-corrected chi connectivity index (χ2v) is 7.17. The van der Waals surface area contributed by atoms with Gasteiger partial charge in [-0.1, -0.05) is 13.0 Å². The van der Waals surface area contributed by atoms with Crippen molar-refractivity contribution in [2.45, 2.75) is 32.9 Å². The third-order valence-corrected chi connectivity index (χ3v) is 5.49. The first-order valence-electron chi connectivity index (χ1n) is 8.81. The minimum Gasteiger partial charge on any atom is -0.383 e. The number of pyridine rings is 1. The van der Waals surface area contributed by atoms with Gasteiger partial charge in [-0.2, -0.15) is 0 Å². The van der Waals surface area contributed by atoms with Gasteiger partial charge in [-0.3, -0.25) is 9.78 Å². The molecule has 0 aliphatic rings. The van der Waals surface area contributed by atoms with Crippen molar-refractivity contribution in [3.05, 3.63) is 46.9 Å². The maximum Gasteiger partial charge on any atom is 0.262 e. The summed E-state index contributed by atoms with van der Waals surface area (Å²) < 4.78 is 5.16. The summed E-state index contributed by atoms with van der Waals surface area (Å²) in [5, 5.41) is 7.22. The molecule has 1 atom stereocenters. The van der Waals surface area contributed by atoms with Crippen LogP contribution in [0.4, 0.5) is 5.82 Å². The Morgan fingerprint density at radius 2 is 2.15 bits per heavy atom. The van der Waals surface area contributed by atoms with E-state index in [0.717, 1.165) is 27.9 Å². The topological polar surface area (TPSA) is 89.0 Å². The highest BCUT2D eigenvalue weighted by molar-refractivity contribution is 7.20. The van der Waals surface area contributed by atoms with Gasteiger partial charge >= 0.3 is 0 Å². The Kier molecular flexibility index (Phi) is 6.31. The summed E-state index contributed by atoms with van der Waals surface area (Å²) in [5.41, 5.74) is 1.80. The maximum absolute atomic E-state index is 12.7. The van der Waals surface area contributed by atoms with Gasteiger partial charge in [0.05, 0.1) is 35.2 Å². The van der Waals surface area contributed by atoms with E-state index in [0.29, 0.717) is 23.8 Å². The van der Waals surface area contributed by atoms with Crippen LogP contribution in [0.3, 0.4) is 0 Å². The molecule has 8 heteroatoms. The van der Waals surface area contributed by atoms with E-state index in [2.05, 4.69) is 25.6 Å². The lowest BCUT2D eigenvalue weighted by molar-refractivity contribution is 0.0898. The molecule has 3 aromatic heterocycles. The van der Waals surface area contributed by atoms with Crippen LogP contribution in [-0.4, -0.2) is 40.6 Å². The number of hydrogen-bond donors (Lipinski definition) is 2. The van der Waals surface area contributed by atoms with Crippen LogP contribution in [0.5, 0.6) is 0 Å². The van der Waals surface area contributed by atoms with E-state index in [9.17, 15) is 4.79 Å². The molecule has 0 aliphatic heterocycles. The average molecular weight is 385 g/mol. The van der Waals surface area contributed by atoms with E-state index in [1.807, 2.05) is 32.0 Å². The van der Waals surface area contributed by atoms with Gasteiger partial charge in [-0.25, -0.2) is 9.97 Å². The van der Waals surface area contributed by atoms with Crippen molar-refractivity contribution >= 4 is 33.3 Å². The quantitative estimate of drug-likeness (QED) is 0.619. The molecule has 2 N–H and O–H groups in total. The zero-order valence-corrected chi connectivity index (χ0v) is 16.5. The van der Waals surface area contributed by atoms with Crippen LogP contribution in [0.15, 0.2) is 30.7 Å². The molecule has 7 nitrogen and oxygen atoms in total. The van der Waals surface area contributed by atoms with E-state index < -0.39 is 0 Å². The van der Waals surface area contributed by atoms with Gasteiger partial charge in [-0.05, 0) is 31.0 Å². The van der Waals surface area contributed by atoms with E-state index >= 15 is 0 Å². The van der Waals surface area contributed by atoms with Crippen molar-refractivity contribution < 1.29 is 9.53 Å². The van der Waals surface area contributed by atoms with Gasteiger partial charge in [0, 0.05) is 13.3 Å². The Hall–Kier alpha value is -2.58. The smallest absolute Gasteiger partial charge is 0.262 e. The Balaban J connectivity index is 1.85. The number of methoxy groups -OCH3 is 1. The number of aryl methyl sites for hydroxylation is 1. The standard InChI is InChI=1S/C19H23N5O2S/c1-4-13(10-26-3)24-18(25)16-12(2)15-17(22-11-23-19(15)27-16)21-9-14-7-5-6-8-20-14/h5-8,11,13H,4,9-10H2,1-3H3,(H,24,25)(H,21,22,23)/t13-/m1/s1. The fraction of sp³-hybridized carbons (Fsp3) is 0.368. The second-order valence-electron chi connectivity index (χ2n) is 6.17. The van der Waals surface area contributed by atoms with Gasteiger partial charge in [0.25, 0.3) is 5.91 Å². The molecule has 0 saturated heterocycles. The molecule has 0 saturated carbocycles. The maximum atomic E-state index is 12.7. The Labute approximate surface area is 162 Å². The molecule has 0 bridgehead atoms. The summed E-state index contributed by atoms with van der Waals surface area (Å²) in [7, 11) is 1.63. The van der Waals surface area contributed by atoms with Crippen molar-refractivity contribution in [3.63, 3.8) is 0 Å². The van der Waals surface area contributed by atoms with Gasteiger partial charge in [0.15, 0.2) is 0 Å². The Bertz CT molecular complexity index is 913. The summed E-state index contributed by atoms with van der Waals surface area (Å²) in [6, 6.07) is 5.76. The number of anilines is 1. The number of ether oxygens (including phenoxy) is 1. The molecule has 3 heterocycles. The van der Waals surface area contributed by atoms with Crippen molar-refractivity contribution in [3.8, 4) is 0 Å². The molecule has 27 heavy (non-hydrogen) atoms. The number of nitrogens with zero attached hydrogens (tertiary/aromatic N) is 3. The molecule has 0 radical (unpaired) electrons. The van der Waals surface area contributed by atoms with Crippen molar-refractivity contribution in [1.29, 1.82) is 0 Å². The predicted octanol–water partition coefficient (Wildman–Crippen LogP) is 3.16. The lowest BCUT2D eigenvalue weighted by atomic mass is 10.1. The first-order valence-corrected chi connectivity index (χ1v) is 9.63. The van der Waals surface area contributed by atoms with Gasteiger partial charge < -0.3 is 15.4 Å². The number of carbonyl (C=O) groups is 1. The molecular weight excluding hydrogens is 362 g/mol. The lowest BCUT2D eigenvalue weighted by Crippen LogP contribution is -2.37. The fourth-order valence-corrected chi connectivity index (χ4v) is 3.86. The zero-order chi connectivity index (χ0) is 19.2. The Morgan fingerprint density at radius 3 is 2.85 bits per heavy atom. The van der Waals surface area contributed by atoms with Gasteiger partial charge in [-0.15, -0.1) is 11.3 Å². The second kappa shape index (κ2) is 8.88. The third-order valence-electron chi connectivity index (χ3n) is 4.29. The number of amides is 1. The molecule has 0 fully saturated rings. The SMILES string of the molecule is CC[C@H](COC)NC(=O)c1sc2ncnc(NCc3ccccn3)c2c1C. The molecule has 0 unspecified atom stereocenters. The minimum atomic E-state index is -0.102. The first-order chi connectivity index (χ1) is 13.1. The first kappa shape index (κ1) is 19.2. The molecule has 142 valence electrons. The highest BCUT2D eigenvalue weighted by Crippen LogP contribution is 2.33. The van der Waals surface area contributed by atoms with E-state index in [1.165, 1.54) is 17.7 Å². The molecule has 3 rings (SSSR count). The lowest BCUT2D eigenvalue weighted by Gasteiger charge is -2.15. The number of nitrogens with one attached hydrogen (secondary N) is 2. The van der Waals surface area contributed by atoms with Crippen LogP contribution >= 0.6 is 11.3 Å². The van der Waals surface area contributed by atoms with E-state index in [1.54, 1.807) is 13.3 Å². The van der Waals surface area contributed by atoms with E-state index in [4.69, 9.17) is 4.74 Å².